The van der Waals surface area contributed by atoms with Crippen LogP contribution >= 0.6 is 0 Å². The van der Waals surface area contributed by atoms with E-state index in [9.17, 15) is 0 Å². The van der Waals surface area contributed by atoms with E-state index in [0.717, 1.165) is 50.0 Å². The highest BCUT2D eigenvalue weighted by Crippen LogP contribution is 2.52. The molecule has 0 bridgehead atoms. The standard InChI is InChI=1S/C49H35BN2O3/c1-28-23-35-31-16-12-17-33-46(31)52(47-32-15-8-9-18-40(32)55-48(33)47)50-36-26-43-44(54-42-20-11-10-19-41(42)53-43)27-38(36)51(39(24-28)45(35)50)37-22-21-30(49(2,3)4)25-34(37)29-13-6-5-7-14-29/h5-27H,1-4H3. The first-order valence-electron chi connectivity index (χ1n) is 19.0. The van der Waals surface area contributed by atoms with Gasteiger partial charge >= 0.3 is 6.85 Å². The van der Waals surface area contributed by atoms with Crippen molar-refractivity contribution in [3.63, 3.8) is 0 Å². The zero-order valence-corrected chi connectivity index (χ0v) is 31.0. The maximum atomic E-state index is 6.73. The molecule has 0 saturated heterocycles. The minimum absolute atomic E-state index is 0.0324. The summed E-state index contributed by atoms with van der Waals surface area (Å²) in [6, 6.07) is 50.0. The average Bonchev–Trinajstić information content (AvgIpc) is 3.73. The highest BCUT2D eigenvalue weighted by molar-refractivity contribution is 6.90. The van der Waals surface area contributed by atoms with Crippen molar-refractivity contribution in [3.8, 4) is 45.3 Å². The Morgan fingerprint density at radius 1 is 0.545 bits per heavy atom. The molecule has 6 heteroatoms. The lowest BCUT2D eigenvalue weighted by Gasteiger charge is -2.42. The highest BCUT2D eigenvalue weighted by Gasteiger charge is 2.45. The molecule has 2 aromatic heterocycles. The molecule has 0 amide bonds. The van der Waals surface area contributed by atoms with Gasteiger partial charge in [-0.1, -0.05) is 99.6 Å². The Morgan fingerprint density at radius 2 is 1.27 bits per heavy atom. The van der Waals surface area contributed by atoms with Crippen molar-refractivity contribution in [2.75, 3.05) is 4.90 Å². The SMILES string of the molecule is Cc1cc2c3c(c1)N(c1ccc(C(C)(C)C)cc1-c1ccccc1)c1cc4c(cc1B3n1c3c-2cccc3c2oc3ccccc3c21)Oc1ccccc1O4. The van der Waals surface area contributed by atoms with E-state index >= 15 is 0 Å². The van der Waals surface area contributed by atoms with Crippen LogP contribution in [0.15, 0.2) is 144 Å². The van der Waals surface area contributed by atoms with Crippen molar-refractivity contribution in [2.24, 2.45) is 0 Å². The maximum Gasteiger partial charge on any atom is 0.333 e. The summed E-state index contributed by atoms with van der Waals surface area (Å²) in [5.41, 5.74) is 17.1. The lowest BCUT2D eigenvalue weighted by atomic mass is 9.45. The van der Waals surface area contributed by atoms with E-state index in [2.05, 4.69) is 152 Å². The lowest BCUT2D eigenvalue weighted by molar-refractivity contribution is 0.360. The van der Waals surface area contributed by atoms with Crippen LogP contribution in [0.1, 0.15) is 31.9 Å². The number of hydrogen-bond donors (Lipinski definition) is 0. The molecule has 0 N–H and O–H groups in total. The second-order valence-electron chi connectivity index (χ2n) is 16.2. The zero-order chi connectivity index (χ0) is 36.7. The van der Waals surface area contributed by atoms with Crippen LogP contribution in [0.2, 0.25) is 0 Å². The number of anilines is 3. The van der Waals surface area contributed by atoms with Gasteiger partial charge in [-0.2, -0.15) is 0 Å². The first-order valence-corrected chi connectivity index (χ1v) is 19.0. The summed E-state index contributed by atoms with van der Waals surface area (Å²) in [5.74, 6) is 2.82. The molecule has 3 aliphatic rings. The topological polar surface area (TPSA) is 39.8 Å². The number of benzene rings is 7. The van der Waals surface area contributed by atoms with Crippen molar-refractivity contribution in [1.82, 2.24) is 4.48 Å². The van der Waals surface area contributed by atoms with Crippen molar-refractivity contribution in [1.29, 1.82) is 0 Å². The van der Waals surface area contributed by atoms with Gasteiger partial charge in [-0.3, -0.25) is 0 Å². The van der Waals surface area contributed by atoms with Crippen molar-refractivity contribution >= 4 is 67.8 Å². The first-order chi connectivity index (χ1) is 26.8. The third kappa shape index (κ3) is 4.19. The van der Waals surface area contributed by atoms with Gasteiger partial charge in [-0.05, 0) is 100 Å². The van der Waals surface area contributed by atoms with E-state index in [0.29, 0.717) is 23.0 Å². The molecular formula is C49H35BN2O3. The summed E-state index contributed by atoms with van der Waals surface area (Å²) in [6.07, 6.45) is 0. The van der Waals surface area contributed by atoms with Gasteiger partial charge < -0.3 is 23.3 Å². The number of para-hydroxylation sites is 4. The molecule has 0 atom stereocenters. The van der Waals surface area contributed by atoms with Crippen molar-refractivity contribution in [2.45, 2.75) is 33.1 Å². The Bertz CT molecular complexity index is 3110. The Labute approximate surface area is 319 Å². The normalized spacial score (nSPS) is 13.7. The van der Waals surface area contributed by atoms with Gasteiger partial charge in [-0.15, -0.1) is 0 Å². The number of ether oxygens (including phenoxy) is 2. The van der Waals surface area contributed by atoms with Crippen LogP contribution in [-0.2, 0) is 5.41 Å². The third-order valence-corrected chi connectivity index (χ3v) is 11.8. The molecule has 9 aromatic rings. The molecule has 55 heavy (non-hydrogen) atoms. The molecule has 0 unspecified atom stereocenters. The average molecular weight is 711 g/mol. The molecule has 0 saturated carbocycles. The third-order valence-electron chi connectivity index (χ3n) is 11.8. The van der Waals surface area contributed by atoms with Gasteiger partial charge in [0.15, 0.2) is 28.6 Å². The quantitative estimate of drug-likeness (QED) is 0.168. The second kappa shape index (κ2) is 10.7. The Morgan fingerprint density at radius 3 is 2.07 bits per heavy atom. The molecule has 262 valence electrons. The molecule has 12 rings (SSSR count). The van der Waals surface area contributed by atoms with Crippen LogP contribution in [0, 0.1) is 6.92 Å². The fourth-order valence-electron chi connectivity index (χ4n) is 9.35. The number of hydrogen-bond acceptors (Lipinski definition) is 4. The molecular weight excluding hydrogens is 675 g/mol. The minimum atomic E-state index is -0.173. The molecule has 7 aromatic carbocycles. The van der Waals surface area contributed by atoms with E-state index in [1.165, 1.54) is 44.4 Å². The Kier molecular flexibility index (Phi) is 6.00. The fourth-order valence-corrected chi connectivity index (χ4v) is 9.35. The van der Waals surface area contributed by atoms with Crippen LogP contribution in [0.25, 0.3) is 55.2 Å². The maximum absolute atomic E-state index is 6.73. The summed E-state index contributed by atoms with van der Waals surface area (Å²) in [6.45, 7) is 8.89. The monoisotopic (exact) mass is 710 g/mol. The number of nitrogens with zero attached hydrogens (tertiary/aromatic N) is 2. The minimum Gasteiger partial charge on any atom is -0.454 e. The molecule has 0 fully saturated rings. The predicted molar refractivity (Wildman–Crippen MR) is 225 cm³/mol. The summed E-state index contributed by atoms with van der Waals surface area (Å²) >= 11 is 0. The number of furan rings is 1. The van der Waals surface area contributed by atoms with Gasteiger partial charge in [-0.25, -0.2) is 0 Å². The second-order valence-corrected chi connectivity index (χ2v) is 16.2. The van der Waals surface area contributed by atoms with Gasteiger partial charge in [0.2, 0.25) is 0 Å². The molecule has 3 aliphatic heterocycles. The first kappa shape index (κ1) is 30.8. The van der Waals surface area contributed by atoms with E-state index in [4.69, 9.17) is 13.9 Å². The van der Waals surface area contributed by atoms with Crippen LogP contribution < -0.4 is 25.3 Å². The number of aromatic nitrogens is 1. The summed E-state index contributed by atoms with van der Waals surface area (Å²) in [7, 11) is 0. The molecule has 5 heterocycles. The van der Waals surface area contributed by atoms with Gasteiger partial charge in [0.25, 0.3) is 0 Å². The summed E-state index contributed by atoms with van der Waals surface area (Å²) in [5, 5.41) is 2.23. The van der Waals surface area contributed by atoms with Gasteiger partial charge in [0, 0.05) is 44.9 Å². The fraction of sp³-hybridized carbons (Fsp3) is 0.102. The molecule has 0 spiro atoms. The zero-order valence-electron chi connectivity index (χ0n) is 31.0. The Hall–Kier alpha value is -6.66. The predicted octanol–water partition coefficient (Wildman–Crippen LogP) is 12.1. The summed E-state index contributed by atoms with van der Waals surface area (Å²) < 4.78 is 22.6. The summed E-state index contributed by atoms with van der Waals surface area (Å²) in [4.78, 5) is 2.48. The van der Waals surface area contributed by atoms with Crippen LogP contribution in [0.5, 0.6) is 23.0 Å². The molecule has 0 aliphatic carbocycles. The van der Waals surface area contributed by atoms with Gasteiger partial charge in [0.1, 0.15) is 5.58 Å². The Balaban J connectivity index is 1.23. The van der Waals surface area contributed by atoms with Crippen molar-refractivity contribution in [3.05, 3.63) is 151 Å². The van der Waals surface area contributed by atoms with E-state index in [-0.39, 0.29) is 12.3 Å². The van der Waals surface area contributed by atoms with E-state index < -0.39 is 0 Å². The van der Waals surface area contributed by atoms with Crippen LogP contribution in [0.4, 0.5) is 17.1 Å². The van der Waals surface area contributed by atoms with E-state index in [1.807, 2.05) is 24.3 Å². The van der Waals surface area contributed by atoms with Gasteiger partial charge in [0.05, 0.1) is 11.2 Å². The molecule has 0 radical (unpaired) electrons. The smallest absolute Gasteiger partial charge is 0.333 e. The van der Waals surface area contributed by atoms with Crippen LogP contribution in [0.3, 0.4) is 0 Å². The number of aryl methyl sites for hydroxylation is 1. The van der Waals surface area contributed by atoms with Crippen LogP contribution in [-0.4, -0.2) is 11.3 Å². The van der Waals surface area contributed by atoms with E-state index in [1.54, 1.807) is 0 Å². The lowest BCUT2D eigenvalue weighted by Crippen LogP contribution is -2.56. The van der Waals surface area contributed by atoms with Crippen molar-refractivity contribution < 1.29 is 13.9 Å². The number of rotatable bonds is 2. The molecule has 5 nitrogen and oxygen atoms in total. The highest BCUT2D eigenvalue weighted by atomic mass is 16.6. The number of fused-ring (bicyclic) bond motifs is 11. The largest absolute Gasteiger partial charge is 0.454 e.